The number of pyridine rings is 1. The zero-order chi connectivity index (χ0) is 19.1. The zero-order valence-electron chi connectivity index (χ0n) is 15.3. The van der Waals surface area contributed by atoms with Crippen molar-refractivity contribution in [3.05, 3.63) is 88.5 Å². The molecule has 1 aromatic heterocycles. The second-order valence-electron chi connectivity index (χ2n) is 5.97. The molecular weight excluding hydrogens is 402 g/mol. The van der Waals surface area contributed by atoms with Crippen molar-refractivity contribution in [2.75, 3.05) is 7.11 Å². The fourth-order valence-corrected chi connectivity index (χ4v) is 2.81. The summed E-state index contributed by atoms with van der Waals surface area (Å²) in [5.41, 5.74) is 2.96. The van der Waals surface area contributed by atoms with Gasteiger partial charge in [0.05, 0.1) is 12.1 Å². The van der Waals surface area contributed by atoms with Crippen LogP contribution >= 0.6 is 24.0 Å². The lowest BCUT2D eigenvalue weighted by molar-refractivity contribution is 0.284. The first kappa shape index (κ1) is 22.0. The van der Waals surface area contributed by atoms with Gasteiger partial charge in [-0.15, -0.1) is 12.4 Å². The average molecular weight is 423 g/mol. The van der Waals surface area contributed by atoms with Gasteiger partial charge in [0.2, 0.25) is 0 Å². The molecule has 28 heavy (non-hydrogen) atoms. The van der Waals surface area contributed by atoms with E-state index >= 15 is 0 Å². The molecule has 0 fully saturated rings. The summed E-state index contributed by atoms with van der Waals surface area (Å²) in [5, 5.41) is 3.72. The number of nitrogens with zero attached hydrogens (tertiary/aromatic N) is 1. The lowest BCUT2D eigenvalue weighted by atomic mass is 10.2. The highest BCUT2D eigenvalue weighted by Gasteiger charge is 2.08. The van der Waals surface area contributed by atoms with Gasteiger partial charge in [0.25, 0.3) is 0 Å². The molecule has 4 nitrogen and oxygen atoms in total. The zero-order valence-corrected chi connectivity index (χ0v) is 16.9. The molecule has 0 saturated carbocycles. The van der Waals surface area contributed by atoms with Gasteiger partial charge in [0, 0.05) is 31.0 Å². The van der Waals surface area contributed by atoms with E-state index in [1.807, 2.05) is 30.3 Å². The molecule has 0 amide bonds. The molecule has 0 aliphatic carbocycles. The molecule has 0 aliphatic heterocycles. The highest BCUT2D eigenvalue weighted by atomic mass is 35.5. The maximum atomic E-state index is 13.1. The Balaban J connectivity index is 0.00000280. The molecular formula is C21H21Cl2FN2O2. The Morgan fingerprint density at radius 2 is 1.71 bits per heavy atom. The van der Waals surface area contributed by atoms with Crippen molar-refractivity contribution in [1.29, 1.82) is 0 Å². The molecule has 1 N–H and O–H groups in total. The minimum atomic E-state index is -0.370. The van der Waals surface area contributed by atoms with Crippen molar-refractivity contribution in [2.24, 2.45) is 0 Å². The van der Waals surface area contributed by atoms with E-state index in [1.165, 1.54) is 17.7 Å². The molecule has 0 unspecified atom stereocenters. The van der Waals surface area contributed by atoms with E-state index in [-0.39, 0.29) is 24.8 Å². The van der Waals surface area contributed by atoms with Gasteiger partial charge in [-0.1, -0.05) is 23.7 Å². The topological polar surface area (TPSA) is 43.4 Å². The minimum absolute atomic E-state index is 0. The lowest BCUT2D eigenvalue weighted by Crippen LogP contribution is -2.12. The van der Waals surface area contributed by atoms with E-state index in [4.69, 9.17) is 21.1 Å². The van der Waals surface area contributed by atoms with E-state index < -0.39 is 0 Å². The predicted molar refractivity (Wildman–Crippen MR) is 111 cm³/mol. The number of aromatic nitrogens is 1. The summed E-state index contributed by atoms with van der Waals surface area (Å²) in [7, 11) is 1.60. The van der Waals surface area contributed by atoms with Crippen molar-refractivity contribution in [3.8, 4) is 11.5 Å². The van der Waals surface area contributed by atoms with Gasteiger partial charge < -0.3 is 14.8 Å². The van der Waals surface area contributed by atoms with Gasteiger partial charge >= 0.3 is 0 Å². The van der Waals surface area contributed by atoms with Crippen LogP contribution in [0.4, 0.5) is 4.39 Å². The molecule has 3 rings (SSSR count). The van der Waals surface area contributed by atoms with Gasteiger partial charge in [-0.05, 0) is 47.5 Å². The van der Waals surface area contributed by atoms with Crippen LogP contribution in [0.1, 0.15) is 16.7 Å². The molecule has 148 valence electrons. The van der Waals surface area contributed by atoms with Gasteiger partial charge in [-0.2, -0.15) is 0 Å². The fourth-order valence-electron chi connectivity index (χ4n) is 2.59. The Morgan fingerprint density at radius 3 is 2.43 bits per heavy atom. The molecule has 2 aromatic carbocycles. The Bertz CT molecular complexity index is 895. The van der Waals surface area contributed by atoms with Crippen LogP contribution < -0.4 is 14.8 Å². The third-order valence-electron chi connectivity index (χ3n) is 4.03. The summed E-state index contributed by atoms with van der Waals surface area (Å²) in [6, 6.07) is 14.0. The summed E-state index contributed by atoms with van der Waals surface area (Å²) < 4.78 is 24.4. The Kier molecular flexibility index (Phi) is 8.51. The van der Waals surface area contributed by atoms with E-state index in [2.05, 4.69) is 10.3 Å². The number of benzene rings is 2. The second-order valence-corrected chi connectivity index (χ2v) is 6.38. The molecule has 0 saturated heterocycles. The van der Waals surface area contributed by atoms with Crippen molar-refractivity contribution in [2.45, 2.75) is 19.7 Å². The van der Waals surface area contributed by atoms with Crippen molar-refractivity contribution in [1.82, 2.24) is 10.3 Å². The summed E-state index contributed by atoms with van der Waals surface area (Å²) in [6.07, 6.45) is 3.55. The smallest absolute Gasteiger partial charge is 0.161 e. The number of methoxy groups -OCH3 is 1. The van der Waals surface area contributed by atoms with Crippen LogP contribution in [0.5, 0.6) is 11.5 Å². The van der Waals surface area contributed by atoms with E-state index in [0.29, 0.717) is 28.6 Å². The number of halogens is 3. The predicted octanol–water partition coefficient (Wildman–Crippen LogP) is 5.17. The summed E-state index contributed by atoms with van der Waals surface area (Å²) in [4.78, 5) is 4.01. The van der Waals surface area contributed by atoms with E-state index in [1.54, 1.807) is 25.6 Å². The fraction of sp³-hybridized carbons (Fsp3) is 0.190. The van der Waals surface area contributed by atoms with Gasteiger partial charge in [-0.25, -0.2) is 4.39 Å². The van der Waals surface area contributed by atoms with Crippen LogP contribution in [0.25, 0.3) is 0 Å². The minimum Gasteiger partial charge on any atom is -0.493 e. The molecule has 7 heteroatoms. The lowest BCUT2D eigenvalue weighted by Gasteiger charge is -2.13. The van der Waals surface area contributed by atoms with Crippen molar-refractivity contribution < 1.29 is 13.9 Å². The van der Waals surface area contributed by atoms with Crippen LogP contribution in [0, 0.1) is 5.82 Å². The first-order valence-electron chi connectivity index (χ1n) is 8.49. The highest BCUT2D eigenvalue weighted by molar-refractivity contribution is 6.31. The van der Waals surface area contributed by atoms with Gasteiger partial charge in [0.15, 0.2) is 11.5 Å². The van der Waals surface area contributed by atoms with Crippen LogP contribution in [0.2, 0.25) is 5.02 Å². The Morgan fingerprint density at radius 1 is 0.964 bits per heavy atom. The standard InChI is InChI=1S/C21H20ClFN2O2.ClH/c1-26-21-10-16(13-25-12-15-6-8-24-9-7-15)2-5-20(21)27-14-17-3-4-18(23)11-19(17)22;/h2-11,25H,12-14H2,1H3;1H. The maximum absolute atomic E-state index is 13.1. The summed E-state index contributed by atoms with van der Waals surface area (Å²) >= 11 is 6.04. The molecule has 0 bridgehead atoms. The SMILES string of the molecule is COc1cc(CNCc2ccncc2)ccc1OCc1ccc(F)cc1Cl.Cl. The highest BCUT2D eigenvalue weighted by Crippen LogP contribution is 2.29. The quantitative estimate of drug-likeness (QED) is 0.543. The normalized spacial score (nSPS) is 10.2. The van der Waals surface area contributed by atoms with Crippen molar-refractivity contribution in [3.63, 3.8) is 0 Å². The maximum Gasteiger partial charge on any atom is 0.161 e. The molecule has 0 spiro atoms. The Labute approximate surface area is 175 Å². The number of ether oxygens (including phenoxy) is 2. The number of rotatable bonds is 8. The van der Waals surface area contributed by atoms with Crippen LogP contribution in [-0.2, 0) is 19.7 Å². The number of hydrogen-bond acceptors (Lipinski definition) is 4. The first-order valence-corrected chi connectivity index (χ1v) is 8.87. The van der Waals surface area contributed by atoms with Crippen LogP contribution in [0.15, 0.2) is 60.9 Å². The summed E-state index contributed by atoms with van der Waals surface area (Å²) in [6.45, 7) is 1.68. The van der Waals surface area contributed by atoms with Gasteiger partial charge in [-0.3, -0.25) is 4.98 Å². The number of nitrogens with one attached hydrogen (secondary N) is 1. The molecule has 0 aliphatic rings. The third kappa shape index (κ3) is 6.09. The van der Waals surface area contributed by atoms with Crippen molar-refractivity contribution >= 4 is 24.0 Å². The first-order chi connectivity index (χ1) is 13.2. The molecule has 3 aromatic rings. The average Bonchev–Trinajstić information content (AvgIpc) is 2.68. The third-order valence-corrected chi connectivity index (χ3v) is 4.39. The molecule has 1 heterocycles. The second kappa shape index (κ2) is 10.9. The van der Waals surface area contributed by atoms with E-state index in [0.717, 1.165) is 12.1 Å². The molecule has 0 radical (unpaired) electrons. The van der Waals surface area contributed by atoms with Gasteiger partial charge in [0.1, 0.15) is 12.4 Å². The largest absolute Gasteiger partial charge is 0.493 e. The number of hydrogen-bond donors (Lipinski definition) is 1. The van der Waals surface area contributed by atoms with Crippen LogP contribution in [-0.4, -0.2) is 12.1 Å². The molecule has 0 atom stereocenters. The monoisotopic (exact) mass is 422 g/mol. The van der Waals surface area contributed by atoms with Crippen LogP contribution in [0.3, 0.4) is 0 Å². The Hall–Kier alpha value is -2.34. The summed E-state index contributed by atoms with van der Waals surface area (Å²) in [5.74, 6) is 0.872. The van der Waals surface area contributed by atoms with E-state index in [9.17, 15) is 4.39 Å².